The second-order valence-corrected chi connectivity index (χ2v) is 6.75. The van der Waals surface area contributed by atoms with Crippen LogP contribution in [0.5, 0.6) is 5.75 Å². The fraction of sp³-hybridized carbons (Fsp3) is 0.150. The van der Waals surface area contributed by atoms with Crippen molar-refractivity contribution >= 4 is 46.8 Å². The monoisotopic (exact) mass is 417 g/mol. The molecule has 0 aliphatic rings. The summed E-state index contributed by atoms with van der Waals surface area (Å²) >= 11 is 12.2. The number of ether oxygens (including phenoxy) is 1. The van der Waals surface area contributed by atoms with Crippen LogP contribution in [0, 0.1) is 25.2 Å². The lowest BCUT2D eigenvalue weighted by molar-refractivity contribution is -0.120. The van der Waals surface area contributed by atoms with Crippen molar-refractivity contribution in [2.24, 2.45) is 5.73 Å². The smallest absolute Gasteiger partial charge is 0.266 e. The molecule has 0 saturated heterocycles. The predicted octanol–water partition coefficient (Wildman–Crippen LogP) is 4.02. The topological polar surface area (TPSA) is 105 Å². The number of nitrogens with zero attached hydrogens (tertiary/aromatic N) is 1. The Kier molecular flexibility index (Phi) is 7.05. The van der Waals surface area contributed by atoms with E-state index < -0.39 is 11.8 Å². The van der Waals surface area contributed by atoms with Gasteiger partial charge in [0.05, 0.1) is 10.0 Å². The first kappa shape index (κ1) is 21.3. The van der Waals surface area contributed by atoms with Gasteiger partial charge in [-0.15, -0.1) is 0 Å². The highest BCUT2D eigenvalue weighted by atomic mass is 35.5. The van der Waals surface area contributed by atoms with E-state index in [-0.39, 0.29) is 28.0 Å². The molecule has 0 radical (unpaired) electrons. The van der Waals surface area contributed by atoms with Crippen LogP contribution in [-0.2, 0) is 9.59 Å². The summed E-state index contributed by atoms with van der Waals surface area (Å²) in [7, 11) is 0. The van der Waals surface area contributed by atoms with Gasteiger partial charge >= 0.3 is 0 Å². The van der Waals surface area contributed by atoms with E-state index in [9.17, 15) is 14.9 Å². The number of nitriles is 1. The lowest BCUT2D eigenvalue weighted by Crippen LogP contribution is -2.20. The van der Waals surface area contributed by atoms with E-state index in [0.29, 0.717) is 11.3 Å². The van der Waals surface area contributed by atoms with Crippen molar-refractivity contribution in [1.29, 1.82) is 5.26 Å². The van der Waals surface area contributed by atoms with Gasteiger partial charge in [-0.1, -0.05) is 35.3 Å². The summed E-state index contributed by atoms with van der Waals surface area (Å²) in [6.07, 6.45) is 1.36. The van der Waals surface area contributed by atoms with Crippen LogP contribution in [0.1, 0.15) is 16.7 Å². The summed E-state index contributed by atoms with van der Waals surface area (Å²) < 4.78 is 5.16. The van der Waals surface area contributed by atoms with E-state index in [4.69, 9.17) is 33.7 Å². The Morgan fingerprint density at radius 1 is 1.25 bits per heavy atom. The number of halogens is 2. The molecule has 28 heavy (non-hydrogen) atoms. The number of carbonyl (C=O) groups is 2. The summed E-state index contributed by atoms with van der Waals surface area (Å²) in [5, 5.41) is 12.3. The van der Waals surface area contributed by atoms with E-state index in [1.807, 2.05) is 32.0 Å². The molecular formula is C20H17Cl2N3O3. The number of benzene rings is 2. The fourth-order valence-electron chi connectivity index (χ4n) is 2.34. The van der Waals surface area contributed by atoms with Gasteiger partial charge in [-0.2, -0.15) is 5.26 Å². The molecule has 2 amide bonds. The molecule has 0 bridgehead atoms. The van der Waals surface area contributed by atoms with Crippen molar-refractivity contribution in [3.8, 4) is 11.8 Å². The van der Waals surface area contributed by atoms with Gasteiger partial charge in [-0.3, -0.25) is 9.59 Å². The Bertz CT molecular complexity index is 987. The first-order valence-corrected chi connectivity index (χ1v) is 8.88. The molecular weight excluding hydrogens is 401 g/mol. The summed E-state index contributed by atoms with van der Waals surface area (Å²) in [4.78, 5) is 23.3. The molecule has 0 aliphatic carbocycles. The minimum absolute atomic E-state index is 0.0950. The molecule has 0 atom stereocenters. The number of carbonyl (C=O) groups excluding carboxylic acids is 2. The Balaban J connectivity index is 2.28. The van der Waals surface area contributed by atoms with Crippen LogP contribution < -0.4 is 15.8 Å². The van der Waals surface area contributed by atoms with Crippen molar-refractivity contribution in [3.63, 3.8) is 0 Å². The first-order chi connectivity index (χ1) is 13.2. The zero-order chi connectivity index (χ0) is 20.8. The van der Waals surface area contributed by atoms with Crippen molar-refractivity contribution in [2.45, 2.75) is 13.8 Å². The number of hydrogen-bond donors (Lipinski definition) is 2. The van der Waals surface area contributed by atoms with Gasteiger partial charge in [0.1, 0.15) is 11.6 Å². The van der Waals surface area contributed by atoms with Crippen molar-refractivity contribution in [2.75, 3.05) is 11.9 Å². The van der Waals surface area contributed by atoms with Crippen LogP contribution in [0.15, 0.2) is 35.9 Å². The van der Waals surface area contributed by atoms with Gasteiger partial charge in [-0.05, 0) is 54.8 Å². The molecule has 0 unspecified atom stereocenters. The van der Waals surface area contributed by atoms with Crippen molar-refractivity contribution < 1.29 is 14.3 Å². The van der Waals surface area contributed by atoms with E-state index >= 15 is 0 Å². The molecule has 0 aromatic heterocycles. The van der Waals surface area contributed by atoms with Crippen molar-refractivity contribution in [1.82, 2.24) is 0 Å². The van der Waals surface area contributed by atoms with Gasteiger partial charge in [0.15, 0.2) is 12.4 Å². The lowest BCUT2D eigenvalue weighted by Gasteiger charge is -2.11. The Morgan fingerprint density at radius 3 is 2.46 bits per heavy atom. The molecule has 0 saturated carbocycles. The third-order valence-electron chi connectivity index (χ3n) is 3.91. The normalized spacial score (nSPS) is 10.9. The number of amides is 2. The van der Waals surface area contributed by atoms with Gasteiger partial charge in [0, 0.05) is 5.69 Å². The van der Waals surface area contributed by atoms with E-state index in [0.717, 1.165) is 11.1 Å². The SMILES string of the molecule is Cc1cccc(NC(=O)/C(C#N)=C/c2cc(Cl)c(OCC(N)=O)c(Cl)c2)c1C. The Labute approximate surface area is 172 Å². The molecule has 3 N–H and O–H groups in total. The van der Waals surface area contributed by atoms with E-state index in [1.165, 1.54) is 18.2 Å². The molecule has 8 heteroatoms. The van der Waals surface area contributed by atoms with Crippen LogP contribution in [0.25, 0.3) is 6.08 Å². The quantitative estimate of drug-likeness (QED) is 0.546. The van der Waals surface area contributed by atoms with Gasteiger partial charge in [-0.25, -0.2) is 0 Å². The van der Waals surface area contributed by atoms with Crippen LogP contribution >= 0.6 is 23.2 Å². The number of nitrogens with one attached hydrogen (secondary N) is 1. The molecule has 2 aromatic carbocycles. The molecule has 2 rings (SSSR count). The van der Waals surface area contributed by atoms with Crippen LogP contribution in [0.4, 0.5) is 5.69 Å². The number of hydrogen-bond acceptors (Lipinski definition) is 4. The van der Waals surface area contributed by atoms with Crippen molar-refractivity contribution in [3.05, 3.63) is 62.6 Å². The van der Waals surface area contributed by atoms with Gasteiger partial charge in [0.2, 0.25) is 0 Å². The second kappa shape index (κ2) is 9.27. The third kappa shape index (κ3) is 5.26. The molecule has 6 nitrogen and oxygen atoms in total. The number of nitrogens with two attached hydrogens (primary N) is 1. The molecule has 0 aliphatic heterocycles. The summed E-state index contributed by atoms with van der Waals surface area (Å²) in [6, 6.07) is 10.3. The average Bonchev–Trinajstić information content (AvgIpc) is 2.62. The lowest BCUT2D eigenvalue weighted by atomic mass is 10.1. The Hall–Kier alpha value is -3.01. The predicted molar refractivity (Wildman–Crippen MR) is 109 cm³/mol. The molecule has 2 aromatic rings. The highest BCUT2D eigenvalue weighted by molar-refractivity contribution is 6.37. The van der Waals surface area contributed by atoms with Crippen LogP contribution in [0.2, 0.25) is 10.0 Å². The molecule has 0 fully saturated rings. The standard InChI is InChI=1S/C20H17Cl2N3O3/c1-11-4-3-5-17(12(11)2)25-20(27)14(9-23)6-13-7-15(21)19(16(22)8-13)28-10-18(24)26/h3-8H,10H2,1-2H3,(H2,24,26)(H,25,27)/b14-6+. The maximum Gasteiger partial charge on any atom is 0.266 e. The van der Waals surface area contributed by atoms with E-state index in [2.05, 4.69) is 5.32 Å². The highest BCUT2D eigenvalue weighted by Crippen LogP contribution is 2.35. The minimum Gasteiger partial charge on any atom is -0.481 e. The highest BCUT2D eigenvalue weighted by Gasteiger charge is 2.14. The van der Waals surface area contributed by atoms with Gasteiger partial charge in [0.25, 0.3) is 11.8 Å². The number of primary amides is 1. The fourth-order valence-corrected chi connectivity index (χ4v) is 2.95. The zero-order valence-electron chi connectivity index (χ0n) is 15.2. The maximum absolute atomic E-state index is 12.5. The first-order valence-electron chi connectivity index (χ1n) is 8.12. The van der Waals surface area contributed by atoms with Gasteiger partial charge < -0.3 is 15.8 Å². The summed E-state index contributed by atoms with van der Waals surface area (Å²) in [5.74, 6) is -1.14. The summed E-state index contributed by atoms with van der Waals surface area (Å²) in [5.41, 5.74) is 7.88. The molecule has 0 heterocycles. The zero-order valence-corrected chi connectivity index (χ0v) is 16.7. The maximum atomic E-state index is 12.5. The summed E-state index contributed by atoms with van der Waals surface area (Å²) in [6.45, 7) is 3.43. The Morgan fingerprint density at radius 2 is 1.89 bits per heavy atom. The third-order valence-corrected chi connectivity index (χ3v) is 4.47. The minimum atomic E-state index is -0.675. The number of rotatable bonds is 6. The number of aryl methyl sites for hydroxylation is 1. The average molecular weight is 418 g/mol. The number of anilines is 1. The second-order valence-electron chi connectivity index (χ2n) is 5.94. The molecule has 144 valence electrons. The largest absolute Gasteiger partial charge is 0.481 e. The van der Waals surface area contributed by atoms with Crippen LogP contribution in [-0.4, -0.2) is 18.4 Å². The molecule has 0 spiro atoms. The van der Waals surface area contributed by atoms with E-state index in [1.54, 1.807) is 6.07 Å². The van der Waals surface area contributed by atoms with Crippen LogP contribution in [0.3, 0.4) is 0 Å².